The first-order valence-corrected chi connectivity index (χ1v) is 10.3. The molecule has 3 heterocycles. The molecule has 5 heteroatoms. The maximum Gasteiger partial charge on any atom is 0.276 e. The van der Waals surface area contributed by atoms with Crippen LogP contribution in [0.3, 0.4) is 0 Å². The molecular weight excluding hydrogens is 338 g/mol. The van der Waals surface area contributed by atoms with Crippen molar-refractivity contribution < 1.29 is 9.32 Å². The molecule has 2 aliphatic heterocycles. The average Bonchev–Trinajstić information content (AvgIpc) is 3.45. The molecule has 1 aliphatic carbocycles. The predicted molar refractivity (Wildman–Crippen MR) is 102 cm³/mol. The lowest BCUT2D eigenvalue weighted by Gasteiger charge is -2.47. The van der Waals surface area contributed by atoms with E-state index in [4.69, 9.17) is 4.52 Å². The molecule has 5 rings (SSSR count). The van der Waals surface area contributed by atoms with Crippen LogP contribution in [-0.2, 0) is 6.54 Å². The van der Waals surface area contributed by atoms with Crippen LogP contribution in [0, 0.1) is 5.92 Å². The van der Waals surface area contributed by atoms with Gasteiger partial charge in [0, 0.05) is 37.7 Å². The Labute approximate surface area is 160 Å². The largest absolute Gasteiger partial charge is 0.360 e. The number of benzene rings is 1. The number of nitrogens with zero attached hydrogens (tertiary/aromatic N) is 3. The summed E-state index contributed by atoms with van der Waals surface area (Å²) < 4.78 is 5.38. The smallest absolute Gasteiger partial charge is 0.276 e. The van der Waals surface area contributed by atoms with Crippen molar-refractivity contribution in [3.63, 3.8) is 0 Å². The van der Waals surface area contributed by atoms with Crippen molar-refractivity contribution in [1.29, 1.82) is 0 Å². The van der Waals surface area contributed by atoms with Crippen LogP contribution in [0.2, 0.25) is 0 Å². The minimum atomic E-state index is 0.0456. The van der Waals surface area contributed by atoms with Crippen molar-refractivity contribution in [2.75, 3.05) is 19.6 Å². The van der Waals surface area contributed by atoms with E-state index in [1.807, 2.05) is 11.0 Å². The highest BCUT2D eigenvalue weighted by molar-refractivity contribution is 5.92. The number of rotatable bonds is 4. The second kappa shape index (κ2) is 7.12. The van der Waals surface area contributed by atoms with Gasteiger partial charge in [-0.05, 0) is 50.1 Å². The van der Waals surface area contributed by atoms with Crippen LogP contribution in [0.15, 0.2) is 40.9 Å². The van der Waals surface area contributed by atoms with E-state index in [0.29, 0.717) is 23.6 Å². The Hall–Kier alpha value is -2.14. The van der Waals surface area contributed by atoms with Crippen molar-refractivity contribution in [2.45, 2.75) is 50.6 Å². The van der Waals surface area contributed by atoms with Gasteiger partial charge in [-0.15, -0.1) is 0 Å². The van der Waals surface area contributed by atoms with E-state index in [9.17, 15) is 4.79 Å². The van der Waals surface area contributed by atoms with Crippen LogP contribution in [0.25, 0.3) is 0 Å². The Morgan fingerprint density at radius 3 is 2.78 bits per heavy atom. The standard InChI is InChI=1S/C22H27N3O2/c26-22(19-13-21(27-23-19)17-8-9-17)25-12-10-20-18(15-25)7-4-11-24(20)14-16-5-2-1-3-6-16/h1-3,5-6,13,17-18,20H,4,7-12,14-15H2. The number of fused-ring (bicyclic) bond motifs is 1. The number of aromatic nitrogens is 1. The summed E-state index contributed by atoms with van der Waals surface area (Å²) in [7, 11) is 0. The summed E-state index contributed by atoms with van der Waals surface area (Å²) >= 11 is 0. The highest BCUT2D eigenvalue weighted by Crippen LogP contribution is 2.40. The van der Waals surface area contributed by atoms with Gasteiger partial charge < -0.3 is 9.42 Å². The van der Waals surface area contributed by atoms with Crippen molar-refractivity contribution in [2.24, 2.45) is 5.92 Å². The van der Waals surface area contributed by atoms with E-state index in [-0.39, 0.29) is 5.91 Å². The van der Waals surface area contributed by atoms with Gasteiger partial charge in [0.05, 0.1) is 0 Å². The third kappa shape index (κ3) is 3.53. The second-order valence-electron chi connectivity index (χ2n) is 8.35. The molecule has 2 aromatic rings. The van der Waals surface area contributed by atoms with Crippen LogP contribution in [0.4, 0.5) is 0 Å². The third-order valence-corrected chi connectivity index (χ3v) is 6.43. The summed E-state index contributed by atoms with van der Waals surface area (Å²) in [6.45, 7) is 3.85. The number of piperidine rings is 2. The van der Waals surface area contributed by atoms with Gasteiger partial charge in [0.25, 0.3) is 5.91 Å². The van der Waals surface area contributed by atoms with Crippen LogP contribution >= 0.6 is 0 Å². The second-order valence-corrected chi connectivity index (χ2v) is 8.35. The molecule has 0 spiro atoms. The van der Waals surface area contributed by atoms with Gasteiger partial charge in [0.1, 0.15) is 5.76 Å². The van der Waals surface area contributed by atoms with Gasteiger partial charge in [0.15, 0.2) is 5.69 Å². The number of hydrogen-bond donors (Lipinski definition) is 0. The van der Waals surface area contributed by atoms with Gasteiger partial charge in [-0.2, -0.15) is 0 Å². The Bertz CT molecular complexity index is 799. The molecular formula is C22H27N3O2. The summed E-state index contributed by atoms with van der Waals surface area (Å²) in [6.07, 6.45) is 5.80. The fourth-order valence-electron chi connectivity index (χ4n) is 4.82. The van der Waals surface area contributed by atoms with Gasteiger partial charge in [-0.3, -0.25) is 9.69 Å². The van der Waals surface area contributed by atoms with E-state index in [1.54, 1.807) is 0 Å². The number of hydrogen-bond acceptors (Lipinski definition) is 4. The third-order valence-electron chi connectivity index (χ3n) is 6.43. The fraction of sp³-hybridized carbons (Fsp3) is 0.545. The molecule has 0 radical (unpaired) electrons. The topological polar surface area (TPSA) is 49.6 Å². The Balaban J connectivity index is 1.24. The molecule has 0 bridgehead atoms. The van der Waals surface area contributed by atoms with Gasteiger partial charge in [0.2, 0.25) is 0 Å². The summed E-state index contributed by atoms with van der Waals surface area (Å²) in [5, 5.41) is 4.05. The average molecular weight is 365 g/mol. The molecule has 3 fully saturated rings. The predicted octanol–water partition coefficient (Wildman–Crippen LogP) is 3.68. The lowest BCUT2D eigenvalue weighted by atomic mass is 9.83. The first-order chi connectivity index (χ1) is 13.3. The maximum atomic E-state index is 12.9. The summed E-state index contributed by atoms with van der Waals surface area (Å²) in [6, 6.07) is 13.2. The van der Waals surface area contributed by atoms with Crippen molar-refractivity contribution in [3.8, 4) is 0 Å². The molecule has 1 aromatic heterocycles. The molecule has 5 nitrogen and oxygen atoms in total. The van der Waals surface area contributed by atoms with Gasteiger partial charge in [-0.1, -0.05) is 35.5 Å². The molecule has 2 unspecified atom stereocenters. The summed E-state index contributed by atoms with van der Waals surface area (Å²) in [4.78, 5) is 17.5. The minimum Gasteiger partial charge on any atom is -0.360 e. The van der Waals surface area contributed by atoms with Crippen molar-refractivity contribution in [1.82, 2.24) is 15.0 Å². The molecule has 27 heavy (non-hydrogen) atoms. The highest BCUT2D eigenvalue weighted by atomic mass is 16.5. The van der Waals surface area contributed by atoms with Crippen LogP contribution < -0.4 is 0 Å². The van der Waals surface area contributed by atoms with E-state index < -0.39 is 0 Å². The summed E-state index contributed by atoms with van der Waals surface area (Å²) in [5.41, 5.74) is 1.87. The number of carbonyl (C=O) groups excluding carboxylic acids is 1. The number of carbonyl (C=O) groups is 1. The number of likely N-dealkylation sites (tertiary alicyclic amines) is 2. The molecule has 1 aromatic carbocycles. The lowest BCUT2D eigenvalue weighted by molar-refractivity contribution is 0.0170. The minimum absolute atomic E-state index is 0.0456. The van der Waals surface area contributed by atoms with E-state index in [1.165, 1.54) is 18.4 Å². The Kier molecular flexibility index (Phi) is 4.48. The quantitative estimate of drug-likeness (QED) is 0.829. The van der Waals surface area contributed by atoms with Gasteiger partial charge in [-0.25, -0.2) is 0 Å². The molecule has 2 atom stereocenters. The molecule has 1 saturated carbocycles. The Morgan fingerprint density at radius 2 is 1.96 bits per heavy atom. The lowest BCUT2D eigenvalue weighted by Crippen LogP contribution is -2.54. The maximum absolute atomic E-state index is 12.9. The van der Waals surface area contributed by atoms with Crippen LogP contribution in [-0.4, -0.2) is 46.5 Å². The first kappa shape index (κ1) is 17.0. The molecule has 3 aliphatic rings. The van der Waals surface area contributed by atoms with Crippen molar-refractivity contribution in [3.05, 3.63) is 53.4 Å². The molecule has 2 saturated heterocycles. The monoisotopic (exact) mass is 365 g/mol. The van der Waals surface area contributed by atoms with Crippen LogP contribution in [0.5, 0.6) is 0 Å². The summed E-state index contributed by atoms with van der Waals surface area (Å²) in [5.74, 6) is 1.99. The first-order valence-electron chi connectivity index (χ1n) is 10.3. The Morgan fingerprint density at radius 1 is 1.11 bits per heavy atom. The number of amides is 1. The highest BCUT2D eigenvalue weighted by Gasteiger charge is 2.38. The molecule has 142 valence electrons. The van der Waals surface area contributed by atoms with E-state index in [2.05, 4.69) is 40.4 Å². The van der Waals surface area contributed by atoms with Crippen LogP contribution in [0.1, 0.15) is 59.8 Å². The fourth-order valence-corrected chi connectivity index (χ4v) is 4.82. The van der Waals surface area contributed by atoms with E-state index >= 15 is 0 Å². The van der Waals surface area contributed by atoms with Crippen molar-refractivity contribution >= 4 is 5.91 Å². The SMILES string of the molecule is O=C(c1cc(C2CC2)on1)N1CCC2C(CCCN2Cc2ccccc2)C1. The van der Waals surface area contributed by atoms with E-state index in [0.717, 1.165) is 51.2 Å². The zero-order valence-corrected chi connectivity index (χ0v) is 15.7. The normalized spacial score (nSPS) is 26.0. The zero-order valence-electron chi connectivity index (χ0n) is 15.7. The molecule has 0 N–H and O–H groups in total. The zero-order chi connectivity index (χ0) is 18.2. The van der Waals surface area contributed by atoms with Gasteiger partial charge >= 0.3 is 0 Å². The molecule has 1 amide bonds.